The number of likely N-dealkylation sites (tertiary alicyclic amines) is 2. The van der Waals surface area contributed by atoms with E-state index in [1.807, 2.05) is 17.0 Å². The number of fused-ring (bicyclic) bond motifs is 1. The Balaban J connectivity index is 1.38. The molecular weight excluding hydrogens is 470 g/mol. The molecule has 1 saturated carbocycles. The number of carbonyl (C=O) groups is 1. The van der Waals surface area contributed by atoms with Gasteiger partial charge in [0.25, 0.3) is 0 Å². The third kappa shape index (κ3) is 4.72. The van der Waals surface area contributed by atoms with Crippen molar-refractivity contribution >= 4 is 38.3 Å². The molecular formula is C26H34ClN3O3S. The van der Waals surface area contributed by atoms with E-state index in [-0.39, 0.29) is 16.8 Å². The van der Waals surface area contributed by atoms with Gasteiger partial charge in [-0.05, 0) is 86.9 Å². The molecule has 6 nitrogen and oxygen atoms in total. The first-order valence-electron chi connectivity index (χ1n) is 12.5. The summed E-state index contributed by atoms with van der Waals surface area (Å²) in [5.74, 6) is 0.338. The van der Waals surface area contributed by atoms with E-state index in [4.69, 9.17) is 11.6 Å². The van der Waals surface area contributed by atoms with Gasteiger partial charge >= 0.3 is 0 Å². The van der Waals surface area contributed by atoms with Crippen molar-refractivity contribution in [1.29, 1.82) is 0 Å². The molecule has 0 aromatic heterocycles. The molecule has 34 heavy (non-hydrogen) atoms. The standard InChI is InChI=1S/C26H34ClN3O3S/c1-18(2)28-12-9-23(10-13-28)29-14-11-25(26(29)31)30(17-19-3-4-19)34(32,33)24-8-6-20-15-22(27)7-5-21(20)16-24/h5-8,15-16,18-19,23,25H,3-4,9-14,17H2,1-2H3. The topological polar surface area (TPSA) is 60.9 Å². The average molecular weight is 504 g/mol. The fraction of sp³-hybridized carbons (Fsp3) is 0.577. The first-order valence-corrected chi connectivity index (χ1v) is 14.3. The van der Waals surface area contributed by atoms with Crippen LogP contribution in [0.15, 0.2) is 41.3 Å². The fourth-order valence-electron chi connectivity index (χ4n) is 5.47. The van der Waals surface area contributed by atoms with Gasteiger partial charge in [-0.25, -0.2) is 8.42 Å². The Morgan fingerprint density at radius 3 is 2.32 bits per heavy atom. The third-order valence-corrected chi connectivity index (χ3v) is 9.85. The van der Waals surface area contributed by atoms with Crippen molar-refractivity contribution < 1.29 is 13.2 Å². The van der Waals surface area contributed by atoms with Crippen molar-refractivity contribution in [2.24, 2.45) is 5.92 Å². The minimum Gasteiger partial charge on any atom is -0.338 e. The summed E-state index contributed by atoms with van der Waals surface area (Å²) >= 11 is 6.09. The average Bonchev–Trinajstić information content (AvgIpc) is 3.57. The van der Waals surface area contributed by atoms with Gasteiger partial charge in [0.05, 0.1) is 4.90 Å². The van der Waals surface area contributed by atoms with Crippen LogP contribution < -0.4 is 0 Å². The van der Waals surface area contributed by atoms with Crippen molar-refractivity contribution in [2.45, 2.75) is 69.0 Å². The summed E-state index contributed by atoms with van der Waals surface area (Å²) in [4.78, 5) is 18.3. The van der Waals surface area contributed by atoms with Gasteiger partial charge in [0, 0.05) is 43.3 Å². The first-order chi connectivity index (χ1) is 16.2. The number of amides is 1. The number of rotatable bonds is 7. The highest BCUT2D eigenvalue weighted by Crippen LogP contribution is 2.36. The van der Waals surface area contributed by atoms with Crippen molar-refractivity contribution in [3.63, 3.8) is 0 Å². The maximum Gasteiger partial charge on any atom is 0.243 e. The van der Waals surface area contributed by atoms with Crippen molar-refractivity contribution in [3.8, 4) is 0 Å². The Kier molecular flexibility index (Phi) is 6.66. The molecule has 0 spiro atoms. The zero-order chi connectivity index (χ0) is 24.0. The predicted octanol–water partition coefficient (Wildman–Crippen LogP) is 4.37. The van der Waals surface area contributed by atoms with Crippen LogP contribution in [0.5, 0.6) is 0 Å². The van der Waals surface area contributed by atoms with E-state index in [1.165, 1.54) is 4.31 Å². The lowest BCUT2D eigenvalue weighted by atomic mass is 10.0. The van der Waals surface area contributed by atoms with Gasteiger partial charge in [0.15, 0.2) is 0 Å². The first kappa shape index (κ1) is 24.0. The zero-order valence-corrected chi connectivity index (χ0v) is 21.6. The molecule has 1 aliphatic carbocycles. The summed E-state index contributed by atoms with van der Waals surface area (Å²) in [7, 11) is -3.80. The number of hydrogen-bond donors (Lipinski definition) is 0. The SMILES string of the molecule is CC(C)N1CCC(N2CCC(N(CC3CC3)S(=O)(=O)c3ccc4cc(Cl)ccc4c3)C2=O)CC1. The monoisotopic (exact) mass is 503 g/mol. The molecule has 2 saturated heterocycles. The van der Waals surface area contributed by atoms with Crippen molar-refractivity contribution in [2.75, 3.05) is 26.2 Å². The zero-order valence-electron chi connectivity index (χ0n) is 20.0. The summed E-state index contributed by atoms with van der Waals surface area (Å²) in [6.07, 6.45) is 4.54. The summed E-state index contributed by atoms with van der Waals surface area (Å²) < 4.78 is 29.2. The van der Waals surface area contributed by atoms with Crippen LogP contribution in [0.1, 0.15) is 46.0 Å². The lowest BCUT2D eigenvalue weighted by Crippen LogP contribution is -2.51. The normalized spacial score (nSPS) is 23.0. The van der Waals surface area contributed by atoms with Crippen LogP contribution in [0.25, 0.3) is 10.8 Å². The number of sulfonamides is 1. The summed E-state index contributed by atoms with van der Waals surface area (Å²) in [6, 6.07) is 10.7. The molecule has 1 atom stereocenters. The number of hydrogen-bond acceptors (Lipinski definition) is 4. The van der Waals surface area contributed by atoms with Gasteiger partial charge in [-0.2, -0.15) is 4.31 Å². The Labute approximate surface area is 207 Å². The van der Waals surface area contributed by atoms with Crippen LogP contribution >= 0.6 is 11.6 Å². The predicted molar refractivity (Wildman–Crippen MR) is 135 cm³/mol. The third-order valence-electron chi connectivity index (χ3n) is 7.74. The van der Waals surface area contributed by atoms with Crippen molar-refractivity contribution in [3.05, 3.63) is 41.4 Å². The lowest BCUT2D eigenvalue weighted by molar-refractivity contribution is -0.133. The molecule has 1 unspecified atom stereocenters. The molecule has 2 aromatic rings. The molecule has 2 aromatic carbocycles. The van der Waals surface area contributed by atoms with E-state index in [0.717, 1.165) is 49.5 Å². The van der Waals surface area contributed by atoms with Crippen LogP contribution in [0.3, 0.4) is 0 Å². The molecule has 2 heterocycles. The molecule has 0 bridgehead atoms. The highest BCUT2D eigenvalue weighted by atomic mass is 35.5. The summed E-state index contributed by atoms with van der Waals surface area (Å²) in [5.41, 5.74) is 0. The molecule has 184 valence electrons. The molecule has 0 N–H and O–H groups in total. The van der Waals surface area contributed by atoms with E-state index in [0.29, 0.717) is 36.5 Å². The largest absolute Gasteiger partial charge is 0.338 e. The minimum absolute atomic E-state index is 0.0141. The van der Waals surface area contributed by atoms with Gasteiger partial charge in [-0.3, -0.25) is 4.79 Å². The molecule has 1 amide bonds. The number of carbonyl (C=O) groups excluding carboxylic acids is 1. The van der Waals surface area contributed by atoms with Gasteiger partial charge < -0.3 is 9.80 Å². The van der Waals surface area contributed by atoms with Crippen molar-refractivity contribution in [1.82, 2.24) is 14.1 Å². The number of piperidine rings is 1. The number of halogens is 1. The molecule has 8 heteroatoms. The smallest absolute Gasteiger partial charge is 0.243 e. The minimum atomic E-state index is -3.80. The molecule has 3 aliphatic rings. The Morgan fingerprint density at radius 2 is 1.65 bits per heavy atom. The second kappa shape index (κ2) is 9.41. The highest BCUT2D eigenvalue weighted by molar-refractivity contribution is 7.89. The number of nitrogens with zero attached hydrogens (tertiary/aromatic N) is 3. The van der Waals surface area contributed by atoms with Gasteiger partial charge in [-0.1, -0.05) is 23.7 Å². The van der Waals surface area contributed by atoms with Gasteiger partial charge in [0.1, 0.15) is 6.04 Å². The quantitative estimate of drug-likeness (QED) is 0.563. The van der Waals surface area contributed by atoms with E-state index in [1.54, 1.807) is 24.3 Å². The van der Waals surface area contributed by atoms with E-state index >= 15 is 0 Å². The summed E-state index contributed by atoms with van der Waals surface area (Å²) in [6.45, 7) is 7.46. The second-order valence-electron chi connectivity index (χ2n) is 10.4. The van der Waals surface area contributed by atoms with E-state index in [2.05, 4.69) is 18.7 Å². The molecule has 3 fully saturated rings. The van der Waals surface area contributed by atoms with Gasteiger partial charge in [-0.15, -0.1) is 0 Å². The van der Waals surface area contributed by atoms with Crippen LogP contribution in [0, 0.1) is 5.92 Å². The summed E-state index contributed by atoms with van der Waals surface area (Å²) in [5, 5.41) is 2.35. The molecule has 0 radical (unpaired) electrons. The van der Waals surface area contributed by atoms with Crippen LogP contribution in [0.2, 0.25) is 5.02 Å². The highest BCUT2D eigenvalue weighted by Gasteiger charge is 2.46. The van der Waals surface area contributed by atoms with E-state index in [9.17, 15) is 13.2 Å². The lowest BCUT2D eigenvalue weighted by Gasteiger charge is -2.38. The molecule has 5 rings (SSSR count). The van der Waals surface area contributed by atoms with E-state index < -0.39 is 16.1 Å². The molecule has 2 aliphatic heterocycles. The fourth-order valence-corrected chi connectivity index (χ4v) is 7.37. The Morgan fingerprint density at radius 1 is 0.971 bits per heavy atom. The maximum absolute atomic E-state index is 13.9. The number of benzene rings is 2. The van der Waals surface area contributed by atoms with Crippen LogP contribution in [0.4, 0.5) is 0 Å². The Hall–Kier alpha value is -1.67. The second-order valence-corrected chi connectivity index (χ2v) is 12.7. The van der Waals surface area contributed by atoms with Gasteiger partial charge in [0.2, 0.25) is 15.9 Å². The Bertz CT molecular complexity index is 1170. The van der Waals surface area contributed by atoms with Crippen LogP contribution in [-0.4, -0.2) is 72.7 Å². The van der Waals surface area contributed by atoms with Crippen LogP contribution in [-0.2, 0) is 14.8 Å². The maximum atomic E-state index is 13.9.